The van der Waals surface area contributed by atoms with Gasteiger partial charge >= 0.3 is 0 Å². The number of fused-ring (bicyclic) bond motifs is 5. The molecule has 2 heterocycles. The zero-order valence-electron chi connectivity index (χ0n) is 14.2. The van der Waals surface area contributed by atoms with Crippen LogP contribution < -0.4 is 0 Å². The van der Waals surface area contributed by atoms with Crippen LogP contribution in [0.2, 0.25) is 0 Å². The van der Waals surface area contributed by atoms with Gasteiger partial charge in [-0.2, -0.15) is 0 Å². The summed E-state index contributed by atoms with van der Waals surface area (Å²) in [6.07, 6.45) is 2.72. The molecule has 0 bridgehead atoms. The molecule has 0 saturated carbocycles. The molecule has 3 aliphatic rings. The molecule has 0 radical (unpaired) electrons. The highest BCUT2D eigenvalue weighted by molar-refractivity contribution is 5.45. The Bertz CT molecular complexity index is 700. The van der Waals surface area contributed by atoms with Crippen LogP contribution in [-0.4, -0.2) is 42.8 Å². The van der Waals surface area contributed by atoms with Crippen molar-refractivity contribution in [3.05, 3.63) is 70.8 Å². The van der Waals surface area contributed by atoms with Crippen molar-refractivity contribution < 1.29 is 4.74 Å². The molecule has 2 saturated heterocycles. The standard InChI is InChI=1S/C21H24N2O/c1-22-13-23(14-22)12-17-11-20-18-8-4-2-6-15(18)10-16-7-3-5-9-19(16)21(20)24-17/h2-9,17,20-21H,10-14H2,1H3. The molecule has 5 rings (SSSR count). The third kappa shape index (κ3) is 2.39. The largest absolute Gasteiger partial charge is 0.368 e. The minimum atomic E-state index is 0.217. The van der Waals surface area contributed by atoms with E-state index in [1.54, 1.807) is 0 Å². The van der Waals surface area contributed by atoms with Crippen LogP contribution in [0.25, 0.3) is 0 Å². The average Bonchev–Trinajstić information content (AvgIpc) is 2.93. The third-order valence-electron chi connectivity index (χ3n) is 5.76. The van der Waals surface area contributed by atoms with E-state index in [-0.39, 0.29) is 6.10 Å². The molecular formula is C21H24N2O. The predicted octanol–water partition coefficient (Wildman–Crippen LogP) is 3.37. The van der Waals surface area contributed by atoms with E-state index in [2.05, 4.69) is 65.4 Å². The number of rotatable bonds is 2. The van der Waals surface area contributed by atoms with Gasteiger partial charge in [0.05, 0.1) is 25.5 Å². The summed E-state index contributed by atoms with van der Waals surface area (Å²) in [7, 11) is 2.17. The highest BCUT2D eigenvalue weighted by Gasteiger charge is 2.41. The number of hydrogen-bond acceptors (Lipinski definition) is 3. The fraction of sp³-hybridized carbons (Fsp3) is 0.429. The maximum atomic E-state index is 6.61. The monoisotopic (exact) mass is 320 g/mol. The second-order valence-electron chi connectivity index (χ2n) is 7.59. The van der Waals surface area contributed by atoms with E-state index in [0.29, 0.717) is 12.0 Å². The Morgan fingerprint density at radius 2 is 1.62 bits per heavy atom. The van der Waals surface area contributed by atoms with Gasteiger partial charge in [-0.15, -0.1) is 0 Å². The topological polar surface area (TPSA) is 15.7 Å². The van der Waals surface area contributed by atoms with Gasteiger partial charge in [-0.05, 0) is 42.1 Å². The van der Waals surface area contributed by atoms with E-state index < -0.39 is 0 Å². The van der Waals surface area contributed by atoms with Gasteiger partial charge < -0.3 is 4.74 Å². The highest BCUT2D eigenvalue weighted by atomic mass is 16.5. The van der Waals surface area contributed by atoms with Gasteiger partial charge in [0, 0.05) is 12.5 Å². The Morgan fingerprint density at radius 3 is 2.38 bits per heavy atom. The summed E-state index contributed by atoms with van der Waals surface area (Å²) in [6.45, 7) is 3.20. The van der Waals surface area contributed by atoms with E-state index in [0.717, 1.165) is 32.7 Å². The smallest absolute Gasteiger partial charge is 0.0901 e. The number of ether oxygens (including phenoxy) is 1. The van der Waals surface area contributed by atoms with Crippen molar-refractivity contribution in [3.63, 3.8) is 0 Å². The lowest BCUT2D eigenvalue weighted by Crippen LogP contribution is -2.54. The molecule has 2 fully saturated rings. The van der Waals surface area contributed by atoms with Gasteiger partial charge in [0.2, 0.25) is 0 Å². The molecule has 0 aromatic heterocycles. The molecule has 24 heavy (non-hydrogen) atoms. The fourth-order valence-electron chi connectivity index (χ4n) is 4.74. The Morgan fingerprint density at radius 1 is 0.958 bits per heavy atom. The van der Waals surface area contributed by atoms with Crippen molar-refractivity contribution in [2.75, 3.05) is 26.9 Å². The van der Waals surface area contributed by atoms with Crippen LogP contribution in [0.3, 0.4) is 0 Å². The van der Waals surface area contributed by atoms with Crippen LogP contribution in [0, 0.1) is 0 Å². The third-order valence-corrected chi connectivity index (χ3v) is 5.76. The Kier molecular flexibility index (Phi) is 3.47. The van der Waals surface area contributed by atoms with Crippen LogP contribution >= 0.6 is 0 Å². The van der Waals surface area contributed by atoms with E-state index in [9.17, 15) is 0 Å². The van der Waals surface area contributed by atoms with Crippen molar-refractivity contribution in [1.29, 1.82) is 0 Å². The second kappa shape index (κ2) is 5.69. The Labute approximate surface area is 143 Å². The molecule has 0 N–H and O–H groups in total. The average molecular weight is 320 g/mol. The summed E-state index contributed by atoms with van der Waals surface area (Å²) in [5.74, 6) is 0.494. The summed E-state index contributed by atoms with van der Waals surface area (Å²) >= 11 is 0. The summed E-state index contributed by atoms with van der Waals surface area (Å²) in [4.78, 5) is 4.81. The first kappa shape index (κ1) is 14.6. The first-order valence-corrected chi connectivity index (χ1v) is 9.00. The molecule has 0 spiro atoms. The molecule has 0 amide bonds. The molecular weight excluding hydrogens is 296 g/mol. The molecule has 3 nitrogen and oxygen atoms in total. The van der Waals surface area contributed by atoms with Gasteiger partial charge in [0.1, 0.15) is 0 Å². The lowest BCUT2D eigenvalue weighted by Gasteiger charge is -2.41. The van der Waals surface area contributed by atoms with Crippen LogP contribution in [-0.2, 0) is 11.2 Å². The SMILES string of the molecule is CN1CN(CC2CC3c4ccccc4Cc4ccccc4C3O2)C1. The summed E-state index contributed by atoms with van der Waals surface area (Å²) in [5.41, 5.74) is 5.82. The second-order valence-corrected chi connectivity index (χ2v) is 7.59. The molecule has 124 valence electrons. The zero-order valence-corrected chi connectivity index (χ0v) is 14.2. The molecule has 1 aliphatic carbocycles. The summed E-state index contributed by atoms with van der Waals surface area (Å²) in [5, 5.41) is 0. The van der Waals surface area contributed by atoms with Crippen LogP contribution in [0.15, 0.2) is 48.5 Å². The van der Waals surface area contributed by atoms with E-state index in [1.807, 2.05) is 0 Å². The molecule has 2 aromatic carbocycles. The molecule has 3 heteroatoms. The van der Waals surface area contributed by atoms with Crippen molar-refractivity contribution in [1.82, 2.24) is 9.80 Å². The van der Waals surface area contributed by atoms with Gasteiger partial charge in [-0.1, -0.05) is 48.5 Å². The lowest BCUT2D eigenvalue weighted by molar-refractivity contribution is -0.0547. The summed E-state index contributed by atoms with van der Waals surface area (Å²) < 4.78 is 6.61. The zero-order chi connectivity index (χ0) is 16.1. The summed E-state index contributed by atoms with van der Waals surface area (Å²) in [6, 6.07) is 17.8. The first-order valence-electron chi connectivity index (χ1n) is 9.00. The van der Waals surface area contributed by atoms with E-state index >= 15 is 0 Å². The number of nitrogens with zero attached hydrogens (tertiary/aromatic N) is 2. The van der Waals surface area contributed by atoms with Gasteiger partial charge in [-0.3, -0.25) is 9.80 Å². The van der Waals surface area contributed by atoms with Crippen molar-refractivity contribution in [2.24, 2.45) is 0 Å². The van der Waals surface area contributed by atoms with Crippen molar-refractivity contribution in [3.8, 4) is 0 Å². The van der Waals surface area contributed by atoms with Gasteiger partial charge in [0.25, 0.3) is 0 Å². The lowest BCUT2D eigenvalue weighted by atomic mass is 9.87. The first-order chi connectivity index (χ1) is 11.8. The van der Waals surface area contributed by atoms with E-state index in [4.69, 9.17) is 4.74 Å². The fourth-order valence-corrected chi connectivity index (χ4v) is 4.74. The van der Waals surface area contributed by atoms with E-state index in [1.165, 1.54) is 22.3 Å². The maximum Gasteiger partial charge on any atom is 0.0901 e. The minimum Gasteiger partial charge on any atom is -0.368 e. The number of benzene rings is 2. The Hall–Kier alpha value is -1.68. The van der Waals surface area contributed by atoms with Crippen molar-refractivity contribution >= 4 is 0 Å². The minimum absolute atomic E-state index is 0.217. The number of hydrogen-bond donors (Lipinski definition) is 0. The molecule has 3 unspecified atom stereocenters. The van der Waals surface area contributed by atoms with Crippen LogP contribution in [0.1, 0.15) is 40.7 Å². The normalized spacial score (nSPS) is 29.3. The van der Waals surface area contributed by atoms with Gasteiger partial charge in [-0.25, -0.2) is 0 Å². The maximum absolute atomic E-state index is 6.61. The van der Waals surface area contributed by atoms with Crippen LogP contribution in [0.5, 0.6) is 0 Å². The Balaban J connectivity index is 1.49. The van der Waals surface area contributed by atoms with Crippen LogP contribution in [0.4, 0.5) is 0 Å². The van der Waals surface area contributed by atoms with Gasteiger partial charge in [0.15, 0.2) is 0 Å². The highest BCUT2D eigenvalue weighted by Crippen LogP contribution is 2.49. The molecule has 3 atom stereocenters. The van der Waals surface area contributed by atoms with Crippen molar-refractivity contribution in [2.45, 2.75) is 31.0 Å². The predicted molar refractivity (Wildman–Crippen MR) is 94.9 cm³/mol. The molecule has 2 aromatic rings. The quantitative estimate of drug-likeness (QED) is 0.844. The molecule has 2 aliphatic heterocycles.